The normalized spacial score (nSPS) is 9.73. The highest BCUT2D eigenvalue weighted by Gasteiger charge is 2.07. The average Bonchev–Trinajstić information content (AvgIpc) is 2.26. The Balaban J connectivity index is 3.08. The van der Waals surface area contributed by atoms with E-state index in [1.54, 1.807) is 18.2 Å². The number of ether oxygens (including phenoxy) is 1. The molecule has 0 bridgehead atoms. The predicted molar refractivity (Wildman–Crippen MR) is 60.8 cm³/mol. The third-order valence-corrected chi connectivity index (χ3v) is 2.10. The number of anilines is 1. The Morgan fingerprint density at radius 1 is 1.60 bits per heavy atom. The lowest BCUT2D eigenvalue weighted by molar-refractivity contribution is 0.357. The van der Waals surface area contributed by atoms with Gasteiger partial charge in [-0.2, -0.15) is 0 Å². The number of methoxy groups -OCH3 is 1. The number of hydrogen-bond donors (Lipinski definition) is 3. The molecule has 1 aromatic rings. The molecule has 80 valence electrons. The minimum atomic E-state index is -0.325. The molecule has 0 saturated heterocycles. The van der Waals surface area contributed by atoms with Crippen LogP contribution in [0.5, 0.6) is 0 Å². The predicted octanol–water partition coefficient (Wildman–Crippen LogP) is 1.25. The second-order valence-corrected chi connectivity index (χ2v) is 3.07. The summed E-state index contributed by atoms with van der Waals surface area (Å²) in [6, 6.07) is 5.10. The smallest absolute Gasteiger partial charge is 0.118 e. The molecule has 0 radical (unpaired) electrons. The van der Waals surface area contributed by atoms with Gasteiger partial charge in [-0.1, -0.05) is 18.7 Å². The fourth-order valence-corrected chi connectivity index (χ4v) is 1.21. The van der Waals surface area contributed by atoms with E-state index in [-0.39, 0.29) is 12.3 Å². The highest BCUT2D eigenvalue weighted by atomic mass is 16.5. The Hall–Kier alpha value is -1.81. The van der Waals surface area contributed by atoms with Gasteiger partial charge in [0.15, 0.2) is 0 Å². The Morgan fingerprint density at radius 2 is 2.27 bits per heavy atom. The monoisotopic (exact) mass is 206 g/mol. The van der Waals surface area contributed by atoms with Crippen LogP contribution in [0.25, 0.3) is 5.76 Å². The van der Waals surface area contributed by atoms with Crippen LogP contribution in [0, 0.1) is 5.41 Å². The largest absolute Gasteiger partial charge is 0.497 e. The molecule has 0 aliphatic rings. The lowest BCUT2D eigenvalue weighted by Crippen LogP contribution is -2.08. The van der Waals surface area contributed by atoms with Crippen molar-refractivity contribution in [1.29, 1.82) is 5.41 Å². The number of nitrogens with one attached hydrogen (secondary N) is 1. The van der Waals surface area contributed by atoms with Crippen LogP contribution in [0.4, 0.5) is 5.69 Å². The third-order valence-electron chi connectivity index (χ3n) is 2.10. The van der Waals surface area contributed by atoms with E-state index in [1.165, 1.54) is 7.11 Å². The summed E-state index contributed by atoms with van der Waals surface area (Å²) in [7, 11) is 1.53. The first kappa shape index (κ1) is 11.3. The molecule has 4 heteroatoms. The summed E-state index contributed by atoms with van der Waals surface area (Å²) >= 11 is 0. The van der Waals surface area contributed by atoms with Gasteiger partial charge in [0.1, 0.15) is 5.76 Å². The number of rotatable bonds is 4. The van der Waals surface area contributed by atoms with Crippen LogP contribution >= 0.6 is 0 Å². The molecule has 4 nitrogen and oxygen atoms in total. The number of nitrogens with two attached hydrogens (primary N) is 1. The number of benzene rings is 1. The minimum Gasteiger partial charge on any atom is -0.497 e. The molecular weight excluding hydrogens is 192 g/mol. The number of aliphatic hydroxyl groups is 1. The topological polar surface area (TPSA) is 79.3 Å². The number of nitrogen functional groups attached to an aromatic ring is 1. The Kier molecular flexibility index (Phi) is 3.46. The maximum atomic E-state index is 8.81. The van der Waals surface area contributed by atoms with Crippen LogP contribution in [0.15, 0.2) is 24.8 Å². The number of hydrogen-bond acceptors (Lipinski definition) is 4. The molecule has 0 amide bonds. The first-order valence-electron chi connectivity index (χ1n) is 4.41. The second kappa shape index (κ2) is 4.61. The molecule has 0 spiro atoms. The minimum absolute atomic E-state index is 0.0991. The van der Waals surface area contributed by atoms with E-state index < -0.39 is 0 Å². The van der Waals surface area contributed by atoms with Gasteiger partial charge < -0.3 is 21.0 Å². The third kappa shape index (κ3) is 2.35. The fraction of sp³-hybridized carbons (Fsp3) is 0.182. The second-order valence-electron chi connectivity index (χ2n) is 3.07. The standard InChI is InChI=1S/C11H14N2O2/c1-7(15-2)8-3-4-9(10(12)5-8)11(13)6-14/h3-5,13-14H,1,6,12H2,2H3. The van der Waals surface area contributed by atoms with Crippen LogP contribution in [0.3, 0.4) is 0 Å². The molecular formula is C11H14N2O2. The Labute approximate surface area is 88.5 Å². The van der Waals surface area contributed by atoms with E-state index in [2.05, 4.69) is 6.58 Å². The van der Waals surface area contributed by atoms with Gasteiger partial charge in [0, 0.05) is 16.8 Å². The van der Waals surface area contributed by atoms with Gasteiger partial charge in [0.2, 0.25) is 0 Å². The quantitative estimate of drug-likeness (QED) is 0.394. The molecule has 0 aromatic heterocycles. The number of aliphatic hydroxyl groups excluding tert-OH is 1. The summed E-state index contributed by atoms with van der Waals surface area (Å²) in [4.78, 5) is 0. The first-order chi connectivity index (χ1) is 7.10. The first-order valence-corrected chi connectivity index (χ1v) is 4.41. The lowest BCUT2D eigenvalue weighted by Gasteiger charge is -2.09. The molecule has 0 atom stereocenters. The molecule has 0 heterocycles. The van der Waals surface area contributed by atoms with Crippen molar-refractivity contribution >= 4 is 17.2 Å². The van der Waals surface area contributed by atoms with Gasteiger partial charge in [-0.15, -0.1) is 0 Å². The van der Waals surface area contributed by atoms with Crippen molar-refractivity contribution in [3.05, 3.63) is 35.9 Å². The van der Waals surface area contributed by atoms with Gasteiger partial charge in [-0.3, -0.25) is 0 Å². The summed E-state index contributed by atoms with van der Waals surface area (Å²) in [6.45, 7) is 3.37. The van der Waals surface area contributed by atoms with Crippen LogP contribution in [0.2, 0.25) is 0 Å². The average molecular weight is 206 g/mol. The molecule has 15 heavy (non-hydrogen) atoms. The maximum absolute atomic E-state index is 8.81. The van der Waals surface area contributed by atoms with Gasteiger partial charge >= 0.3 is 0 Å². The van der Waals surface area contributed by atoms with Crippen LogP contribution in [-0.2, 0) is 4.74 Å². The van der Waals surface area contributed by atoms with Crippen molar-refractivity contribution in [3.63, 3.8) is 0 Å². The SMILES string of the molecule is C=C(OC)c1ccc(C(=N)CO)c(N)c1. The Morgan fingerprint density at radius 3 is 2.73 bits per heavy atom. The zero-order valence-corrected chi connectivity index (χ0v) is 8.58. The lowest BCUT2D eigenvalue weighted by atomic mass is 10.0. The molecule has 1 rings (SSSR count). The zero-order valence-electron chi connectivity index (χ0n) is 8.58. The highest BCUT2D eigenvalue weighted by Crippen LogP contribution is 2.20. The molecule has 1 aromatic carbocycles. The van der Waals surface area contributed by atoms with E-state index in [0.29, 0.717) is 17.0 Å². The highest BCUT2D eigenvalue weighted by molar-refractivity contribution is 6.03. The maximum Gasteiger partial charge on any atom is 0.118 e. The van der Waals surface area contributed by atoms with Crippen molar-refractivity contribution < 1.29 is 9.84 Å². The van der Waals surface area contributed by atoms with Gasteiger partial charge in [-0.25, -0.2) is 0 Å². The van der Waals surface area contributed by atoms with Crippen molar-refractivity contribution in [2.75, 3.05) is 19.5 Å². The van der Waals surface area contributed by atoms with Gasteiger partial charge in [-0.05, 0) is 6.07 Å². The van der Waals surface area contributed by atoms with E-state index in [4.69, 9.17) is 21.0 Å². The molecule has 0 saturated carbocycles. The molecule has 0 unspecified atom stereocenters. The van der Waals surface area contributed by atoms with Crippen LogP contribution < -0.4 is 5.73 Å². The van der Waals surface area contributed by atoms with Crippen LogP contribution in [0.1, 0.15) is 11.1 Å². The van der Waals surface area contributed by atoms with Crippen LogP contribution in [-0.4, -0.2) is 24.5 Å². The van der Waals surface area contributed by atoms with Crippen molar-refractivity contribution in [3.8, 4) is 0 Å². The molecule has 0 aliphatic heterocycles. The van der Waals surface area contributed by atoms with Crippen molar-refractivity contribution in [2.24, 2.45) is 0 Å². The molecule has 4 N–H and O–H groups in total. The van der Waals surface area contributed by atoms with E-state index in [0.717, 1.165) is 5.56 Å². The van der Waals surface area contributed by atoms with E-state index >= 15 is 0 Å². The molecule has 0 fully saturated rings. The van der Waals surface area contributed by atoms with Gasteiger partial charge in [0.25, 0.3) is 0 Å². The van der Waals surface area contributed by atoms with E-state index in [9.17, 15) is 0 Å². The molecule has 0 aliphatic carbocycles. The van der Waals surface area contributed by atoms with Crippen molar-refractivity contribution in [1.82, 2.24) is 0 Å². The summed E-state index contributed by atoms with van der Waals surface area (Å²) in [6.07, 6.45) is 0. The Bertz CT molecular complexity index is 400. The van der Waals surface area contributed by atoms with Crippen molar-refractivity contribution in [2.45, 2.75) is 0 Å². The summed E-state index contributed by atoms with van der Waals surface area (Å²) in [5.74, 6) is 0.517. The fourth-order valence-electron chi connectivity index (χ4n) is 1.21. The summed E-state index contributed by atoms with van der Waals surface area (Å²) in [5, 5.41) is 16.3. The van der Waals surface area contributed by atoms with Gasteiger partial charge in [0.05, 0.1) is 19.4 Å². The summed E-state index contributed by atoms with van der Waals surface area (Å²) in [5.41, 5.74) is 7.58. The summed E-state index contributed by atoms with van der Waals surface area (Å²) < 4.78 is 4.96. The van der Waals surface area contributed by atoms with E-state index in [1.807, 2.05) is 0 Å². The zero-order chi connectivity index (χ0) is 11.4.